The number of sulfone groups is 1. The molecule has 0 aliphatic rings. The van der Waals surface area contributed by atoms with Gasteiger partial charge in [0, 0.05) is 11.6 Å². The molecule has 0 saturated heterocycles. The molecule has 1 aromatic rings. The Labute approximate surface area is 122 Å². The van der Waals surface area contributed by atoms with Gasteiger partial charge in [0.15, 0.2) is 9.84 Å². The zero-order valence-electron chi connectivity index (χ0n) is 12.6. The highest BCUT2D eigenvalue weighted by Gasteiger charge is 2.29. The molecule has 114 valence electrons. The lowest BCUT2D eigenvalue weighted by Gasteiger charge is -2.33. The van der Waals surface area contributed by atoms with Gasteiger partial charge in [-0.15, -0.1) is 0 Å². The van der Waals surface area contributed by atoms with Crippen molar-refractivity contribution in [2.75, 3.05) is 5.75 Å². The van der Waals surface area contributed by atoms with Gasteiger partial charge in [-0.3, -0.25) is 0 Å². The van der Waals surface area contributed by atoms with E-state index in [1.807, 2.05) is 20.8 Å². The Morgan fingerprint density at radius 1 is 1.10 bits per heavy atom. The first-order chi connectivity index (χ1) is 9.30. The summed E-state index contributed by atoms with van der Waals surface area (Å²) in [6.07, 6.45) is 2.17. The minimum atomic E-state index is -3.17. The summed E-state index contributed by atoms with van der Waals surface area (Å²) in [7, 11) is -3.17. The Balaban J connectivity index is 3.03. The van der Waals surface area contributed by atoms with E-state index in [0.29, 0.717) is 11.3 Å². The summed E-state index contributed by atoms with van der Waals surface area (Å²) in [4.78, 5) is 0.353. The Kier molecular flexibility index (Phi) is 5.74. The fourth-order valence-electron chi connectivity index (χ4n) is 2.29. The third-order valence-electron chi connectivity index (χ3n) is 4.01. The molecule has 1 aromatic carbocycles. The van der Waals surface area contributed by atoms with Crippen LogP contribution in [-0.2, 0) is 9.84 Å². The summed E-state index contributed by atoms with van der Waals surface area (Å²) in [5.74, 6) is 0.170. The van der Waals surface area contributed by atoms with E-state index in [9.17, 15) is 8.42 Å². The van der Waals surface area contributed by atoms with Crippen LogP contribution in [-0.4, -0.2) is 19.7 Å². The van der Waals surface area contributed by atoms with E-state index in [2.05, 4.69) is 0 Å². The predicted molar refractivity (Wildman–Crippen MR) is 83.2 cm³/mol. The van der Waals surface area contributed by atoms with Crippen LogP contribution in [0.25, 0.3) is 0 Å². The van der Waals surface area contributed by atoms with E-state index in [-0.39, 0.29) is 11.8 Å². The average Bonchev–Trinajstić information content (AvgIpc) is 2.45. The number of nitrogens with two attached hydrogens (primary N) is 2. The third kappa shape index (κ3) is 3.59. The van der Waals surface area contributed by atoms with Crippen molar-refractivity contribution in [3.05, 3.63) is 29.8 Å². The maximum absolute atomic E-state index is 12.0. The normalized spacial score (nSPS) is 14.2. The van der Waals surface area contributed by atoms with Crippen LogP contribution in [0.4, 0.5) is 0 Å². The first kappa shape index (κ1) is 17.1. The van der Waals surface area contributed by atoms with E-state index in [0.717, 1.165) is 18.4 Å². The van der Waals surface area contributed by atoms with Crippen LogP contribution < -0.4 is 11.5 Å². The topological polar surface area (TPSA) is 86.2 Å². The Bertz CT molecular complexity index is 519. The predicted octanol–water partition coefficient (Wildman–Crippen LogP) is 2.39. The van der Waals surface area contributed by atoms with Gasteiger partial charge in [-0.05, 0) is 37.0 Å². The van der Waals surface area contributed by atoms with Crippen LogP contribution in [0.15, 0.2) is 29.2 Å². The van der Waals surface area contributed by atoms with Crippen molar-refractivity contribution < 1.29 is 8.42 Å². The van der Waals surface area contributed by atoms with E-state index in [1.54, 1.807) is 24.3 Å². The van der Waals surface area contributed by atoms with Gasteiger partial charge in [0.25, 0.3) is 0 Å². The van der Waals surface area contributed by atoms with Gasteiger partial charge < -0.3 is 11.5 Å². The Morgan fingerprint density at radius 2 is 1.60 bits per heavy atom. The van der Waals surface area contributed by atoms with Gasteiger partial charge in [0.1, 0.15) is 0 Å². The monoisotopic (exact) mass is 298 g/mol. The van der Waals surface area contributed by atoms with Crippen LogP contribution >= 0.6 is 0 Å². The maximum Gasteiger partial charge on any atom is 0.178 e. The minimum absolute atomic E-state index is 0.170. The Hall–Kier alpha value is -0.910. The molecule has 0 amide bonds. The molecule has 0 aliphatic carbocycles. The van der Waals surface area contributed by atoms with Gasteiger partial charge in [-0.25, -0.2) is 8.42 Å². The molecule has 0 saturated carbocycles. The van der Waals surface area contributed by atoms with Crippen molar-refractivity contribution >= 4 is 9.84 Å². The second-order valence-corrected chi connectivity index (χ2v) is 7.41. The molecule has 0 heterocycles. The largest absolute Gasteiger partial charge is 0.324 e. The second kappa shape index (κ2) is 6.70. The molecule has 0 aliphatic heterocycles. The molecule has 0 radical (unpaired) electrons. The molecule has 1 unspecified atom stereocenters. The minimum Gasteiger partial charge on any atom is -0.324 e. The zero-order valence-corrected chi connectivity index (χ0v) is 13.4. The van der Waals surface area contributed by atoms with Gasteiger partial charge in [-0.2, -0.15) is 0 Å². The lowest BCUT2D eigenvalue weighted by molar-refractivity contribution is 0.325. The molecule has 1 atom stereocenters. The Morgan fingerprint density at radius 3 is 2.00 bits per heavy atom. The van der Waals surface area contributed by atoms with E-state index in [4.69, 9.17) is 11.5 Å². The molecule has 20 heavy (non-hydrogen) atoms. The van der Waals surface area contributed by atoms with Crippen molar-refractivity contribution in [2.24, 2.45) is 11.5 Å². The third-order valence-corrected chi connectivity index (χ3v) is 5.94. The highest BCUT2D eigenvalue weighted by molar-refractivity contribution is 7.91. The fraction of sp³-hybridized carbons (Fsp3) is 0.600. The highest BCUT2D eigenvalue weighted by atomic mass is 32.2. The maximum atomic E-state index is 12.0. The van der Waals surface area contributed by atoms with Crippen molar-refractivity contribution in [2.45, 2.75) is 56.5 Å². The fourth-order valence-corrected chi connectivity index (χ4v) is 3.61. The van der Waals surface area contributed by atoms with Gasteiger partial charge >= 0.3 is 0 Å². The number of rotatable bonds is 7. The first-order valence-electron chi connectivity index (χ1n) is 7.18. The van der Waals surface area contributed by atoms with Gasteiger partial charge in [-0.1, -0.05) is 32.9 Å². The van der Waals surface area contributed by atoms with Crippen LogP contribution in [0, 0.1) is 0 Å². The van der Waals surface area contributed by atoms with Crippen LogP contribution in [0.3, 0.4) is 0 Å². The number of hydrogen-bond donors (Lipinski definition) is 2. The van der Waals surface area contributed by atoms with E-state index < -0.39 is 15.4 Å². The first-order valence-corrected chi connectivity index (χ1v) is 8.83. The van der Waals surface area contributed by atoms with Crippen molar-refractivity contribution in [1.82, 2.24) is 0 Å². The average molecular weight is 298 g/mol. The van der Waals surface area contributed by atoms with E-state index >= 15 is 0 Å². The highest BCUT2D eigenvalue weighted by Crippen LogP contribution is 2.28. The molecule has 0 bridgehead atoms. The molecular weight excluding hydrogens is 272 g/mol. The summed E-state index contributed by atoms with van der Waals surface area (Å²) < 4.78 is 23.9. The molecule has 0 fully saturated rings. The van der Waals surface area contributed by atoms with Crippen molar-refractivity contribution in [1.29, 1.82) is 0 Å². The standard InChI is InChI=1S/C15H26N2O2S/c1-4-11-20(18,19)13-9-7-12(8-10-13)14(16)15(17,5-2)6-3/h7-10,14H,4-6,11,16-17H2,1-3H3. The quantitative estimate of drug-likeness (QED) is 0.809. The summed E-state index contributed by atoms with van der Waals surface area (Å²) in [6, 6.07) is 6.53. The van der Waals surface area contributed by atoms with Gasteiger partial charge in [0.05, 0.1) is 10.6 Å². The number of hydrogen-bond acceptors (Lipinski definition) is 4. The zero-order chi connectivity index (χ0) is 15.4. The SMILES string of the molecule is CCCS(=O)(=O)c1ccc(C(N)C(N)(CC)CC)cc1. The summed E-state index contributed by atoms with van der Waals surface area (Å²) in [5, 5.41) is 0. The van der Waals surface area contributed by atoms with Crippen molar-refractivity contribution in [3.63, 3.8) is 0 Å². The lowest BCUT2D eigenvalue weighted by atomic mass is 9.82. The summed E-state index contributed by atoms with van der Waals surface area (Å²) in [6.45, 7) is 5.89. The molecule has 4 nitrogen and oxygen atoms in total. The molecule has 0 spiro atoms. The smallest absolute Gasteiger partial charge is 0.178 e. The summed E-state index contributed by atoms with van der Waals surface area (Å²) in [5.41, 5.74) is 13.0. The molecule has 4 N–H and O–H groups in total. The van der Waals surface area contributed by atoms with E-state index in [1.165, 1.54) is 0 Å². The van der Waals surface area contributed by atoms with Gasteiger partial charge in [0.2, 0.25) is 0 Å². The second-order valence-electron chi connectivity index (χ2n) is 5.31. The molecular formula is C15H26N2O2S. The lowest BCUT2D eigenvalue weighted by Crippen LogP contribution is -2.48. The van der Waals surface area contributed by atoms with Crippen molar-refractivity contribution in [3.8, 4) is 0 Å². The van der Waals surface area contributed by atoms with Crippen LogP contribution in [0.5, 0.6) is 0 Å². The number of benzene rings is 1. The van der Waals surface area contributed by atoms with Crippen LogP contribution in [0.1, 0.15) is 51.6 Å². The molecule has 5 heteroatoms. The molecule has 1 rings (SSSR count). The summed E-state index contributed by atoms with van der Waals surface area (Å²) >= 11 is 0. The van der Waals surface area contributed by atoms with Crippen LogP contribution in [0.2, 0.25) is 0 Å². The molecule has 0 aromatic heterocycles.